The van der Waals surface area contributed by atoms with E-state index >= 15 is 0 Å². The Bertz CT molecular complexity index is 270. The Labute approximate surface area is 115 Å². The van der Waals surface area contributed by atoms with E-state index in [-0.39, 0.29) is 34.8 Å². The van der Waals surface area contributed by atoms with Crippen LogP contribution in [0.4, 0.5) is 0 Å². The van der Waals surface area contributed by atoms with Gasteiger partial charge in [-0.25, -0.2) is 0 Å². The third kappa shape index (κ3) is 1.80. The predicted octanol–water partition coefficient (Wildman–Crippen LogP) is 0.941. The quantitative estimate of drug-likeness (QED) is 0.609. The number of hydrogen-bond acceptors (Lipinski definition) is 2. The normalized spacial score (nSPS) is 42.9. The minimum absolute atomic E-state index is 0.0217. The molecule has 4 unspecified atom stereocenters. The van der Waals surface area contributed by atoms with E-state index in [2.05, 4.69) is 51.3 Å². The average molecular weight is 334 g/mol. The van der Waals surface area contributed by atoms with Gasteiger partial charge in [-0.1, -0.05) is 0 Å². The fourth-order valence-electron chi connectivity index (χ4n) is 3.49. The molecule has 86 valence electrons. The third-order valence-corrected chi connectivity index (χ3v) is 11.2. The van der Waals surface area contributed by atoms with Crippen LogP contribution in [0.2, 0.25) is 0 Å². The molecule has 0 aromatic heterocycles. The van der Waals surface area contributed by atoms with Gasteiger partial charge in [0.05, 0.1) is 0 Å². The second-order valence-electron chi connectivity index (χ2n) is 7.50. The van der Waals surface area contributed by atoms with E-state index in [9.17, 15) is 0 Å². The number of hydrogen-bond donors (Lipinski definition) is 0. The number of rotatable bonds is 0. The first-order valence-electron chi connectivity index (χ1n) is 6.48. The molecule has 2 radical (unpaired) electrons. The molecule has 0 amide bonds. The first-order chi connectivity index (χ1) is 7.21. The number of fused-ring (bicyclic) bond motifs is 2. The van der Waals surface area contributed by atoms with Crippen LogP contribution in [-0.2, 0) is 0 Å². The molecule has 3 aliphatic rings. The van der Waals surface area contributed by atoms with Crippen molar-refractivity contribution in [1.82, 2.24) is 9.80 Å². The molecule has 4 atom stereocenters. The summed E-state index contributed by atoms with van der Waals surface area (Å²) < 4.78 is 4.18. The Balaban J connectivity index is 1.83. The fourth-order valence-corrected chi connectivity index (χ4v) is 14.9. The van der Waals surface area contributed by atoms with Crippen LogP contribution in [0.25, 0.3) is 0 Å². The molecular weight excluding hydrogens is 312 g/mol. The van der Waals surface area contributed by atoms with Crippen molar-refractivity contribution in [3.63, 3.8) is 0 Å². The van der Waals surface area contributed by atoms with Gasteiger partial charge in [-0.15, -0.1) is 0 Å². The molecule has 3 fully saturated rings. The van der Waals surface area contributed by atoms with Crippen molar-refractivity contribution in [3.8, 4) is 0 Å². The van der Waals surface area contributed by atoms with Crippen molar-refractivity contribution in [1.29, 1.82) is 0 Å². The zero-order chi connectivity index (χ0) is 11.9. The molecule has 3 heterocycles. The maximum absolute atomic E-state index is 2.95. The average Bonchev–Trinajstić information content (AvgIpc) is 2.83. The Hall–Kier alpha value is 1.19. The van der Waals surface area contributed by atoms with Gasteiger partial charge in [-0.05, 0) is 0 Å². The van der Waals surface area contributed by atoms with E-state index in [1.165, 1.54) is 0 Å². The summed E-state index contributed by atoms with van der Waals surface area (Å²) in [6, 6.07) is 0. The molecule has 3 rings (SSSR count). The molecule has 4 heteroatoms. The van der Waals surface area contributed by atoms with Crippen molar-refractivity contribution in [3.05, 3.63) is 0 Å². The van der Waals surface area contributed by atoms with Crippen molar-refractivity contribution < 1.29 is 0 Å². The van der Waals surface area contributed by atoms with Gasteiger partial charge in [0.2, 0.25) is 0 Å². The van der Waals surface area contributed by atoms with Crippen molar-refractivity contribution in [2.24, 2.45) is 0 Å². The van der Waals surface area contributed by atoms with Gasteiger partial charge in [0, 0.05) is 0 Å². The summed E-state index contributed by atoms with van der Waals surface area (Å²) in [5.41, 5.74) is 0.884. The zero-order valence-electron chi connectivity index (χ0n) is 11.4. The van der Waals surface area contributed by atoms with Gasteiger partial charge in [0.1, 0.15) is 0 Å². The maximum atomic E-state index is 2.95. The standard InChI is InChI=1S/C12H22N2.2Ga/c1-11(2,3)13-7-9-14(10-8-13)12(4,5)6;;/h7-10H,1-6H3;;. The van der Waals surface area contributed by atoms with Gasteiger partial charge in [-0.3, -0.25) is 0 Å². The molecular formula is C12H22Ga2N2. The topological polar surface area (TPSA) is 6.48 Å². The summed E-state index contributed by atoms with van der Waals surface area (Å²) in [5, 5.41) is 0. The molecule has 0 aromatic rings. The predicted molar refractivity (Wildman–Crippen MR) is 69.8 cm³/mol. The first kappa shape index (κ1) is 12.2. The fraction of sp³-hybridized carbons (Fsp3) is 1.00. The van der Waals surface area contributed by atoms with Crippen molar-refractivity contribution in [2.75, 3.05) is 0 Å². The minimum atomic E-state index is 0.0217. The Kier molecular flexibility index (Phi) is 2.59. The summed E-state index contributed by atoms with van der Waals surface area (Å²) >= 11 is 0.0433. The van der Waals surface area contributed by atoms with Gasteiger partial charge in [-0.2, -0.15) is 0 Å². The van der Waals surface area contributed by atoms with Gasteiger partial charge in [0.15, 0.2) is 0 Å². The monoisotopic (exact) mass is 332 g/mol. The molecule has 0 spiro atoms. The third-order valence-electron chi connectivity index (χ3n) is 4.04. The second-order valence-corrected chi connectivity index (χ2v) is 14.9. The van der Waals surface area contributed by atoms with Crippen LogP contribution in [0.1, 0.15) is 41.5 Å². The molecule has 3 aliphatic heterocycles. The zero-order valence-corrected chi connectivity index (χ0v) is 16.2. The second kappa shape index (κ2) is 3.39. The molecule has 16 heavy (non-hydrogen) atoms. The van der Waals surface area contributed by atoms with E-state index < -0.39 is 0 Å². The summed E-state index contributed by atoms with van der Waals surface area (Å²) in [7, 11) is 0. The molecule has 0 saturated carbocycles. The summed E-state index contributed by atoms with van der Waals surface area (Å²) in [6.07, 6.45) is 0. The first-order valence-corrected chi connectivity index (χ1v) is 12.1. The Morgan fingerprint density at radius 3 is 1.06 bits per heavy atom. The van der Waals surface area contributed by atoms with Crippen LogP contribution in [0, 0.1) is 0 Å². The van der Waals surface area contributed by atoms with Crippen molar-refractivity contribution in [2.45, 2.75) is 71.0 Å². The van der Waals surface area contributed by atoms with E-state index in [4.69, 9.17) is 0 Å². The van der Waals surface area contributed by atoms with Crippen LogP contribution in [0.15, 0.2) is 0 Å². The summed E-state index contributed by atoms with van der Waals surface area (Å²) in [4.78, 5) is 5.90. The SMILES string of the molecule is CC(C)(C)N1[CH]2[Ga][CH]2N(C(C)(C)C)[CH]2[Ga][CH]21. The summed E-state index contributed by atoms with van der Waals surface area (Å²) in [5.74, 6) is 0. The molecule has 2 nitrogen and oxygen atoms in total. The molecule has 3 saturated heterocycles. The molecule has 0 aliphatic carbocycles. The van der Waals surface area contributed by atoms with E-state index in [0.29, 0.717) is 11.1 Å². The van der Waals surface area contributed by atoms with Crippen molar-refractivity contribution >= 4 is 34.8 Å². The van der Waals surface area contributed by atoms with E-state index in [0.717, 1.165) is 18.4 Å². The van der Waals surface area contributed by atoms with Crippen LogP contribution >= 0.6 is 0 Å². The van der Waals surface area contributed by atoms with E-state index in [1.54, 1.807) is 0 Å². The van der Waals surface area contributed by atoms with Crippen LogP contribution in [-0.4, -0.2) is 74.1 Å². The van der Waals surface area contributed by atoms with Gasteiger partial charge in [0.25, 0.3) is 0 Å². The molecule has 0 N–H and O–H groups in total. The van der Waals surface area contributed by atoms with Crippen LogP contribution in [0.5, 0.6) is 0 Å². The molecule has 0 aromatic carbocycles. The number of nitrogens with zero attached hydrogens (tertiary/aromatic N) is 2. The number of piperazine rings is 1. The van der Waals surface area contributed by atoms with Gasteiger partial charge < -0.3 is 0 Å². The summed E-state index contributed by atoms with van der Waals surface area (Å²) in [6.45, 7) is 14.6. The Morgan fingerprint density at radius 1 is 0.625 bits per heavy atom. The van der Waals surface area contributed by atoms with E-state index in [1.807, 2.05) is 0 Å². The van der Waals surface area contributed by atoms with Gasteiger partial charge >= 0.3 is 116 Å². The van der Waals surface area contributed by atoms with Crippen LogP contribution < -0.4 is 0 Å². The molecule has 0 bridgehead atoms. The Morgan fingerprint density at radius 2 is 0.875 bits per heavy atom. The van der Waals surface area contributed by atoms with Crippen LogP contribution in [0.3, 0.4) is 0 Å².